The number of hydrogen-bond acceptors (Lipinski definition) is 2. The zero-order chi connectivity index (χ0) is 13.3. The van der Waals surface area contributed by atoms with Crippen LogP contribution in [0.2, 0.25) is 5.02 Å². The number of nitrogens with one attached hydrogen (secondary N) is 2. The largest absolute Gasteiger partial charge is 0.356 e. The van der Waals surface area contributed by atoms with Crippen LogP contribution in [0.25, 0.3) is 0 Å². The van der Waals surface area contributed by atoms with Gasteiger partial charge in [-0.3, -0.25) is 4.79 Å². The van der Waals surface area contributed by atoms with E-state index in [2.05, 4.69) is 22.8 Å². The first-order valence-corrected chi connectivity index (χ1v) is 7.36. The number of hydrogen-bond donors (Lipinski definition) is 2. The zero-order valence-electron chi connectivity index (χ0n) is 10.9. The third kappa shape index (κ3) is 2.93. The number of carbonyl (C=O) groups excluding carboxylic acids is 1. The van der Waals surface area contributed by atoms with Crippen LogP contribution in [0.5, 0.6) is 0 Å². The Kier molecular flexibility index (Phi) is 3.50. The van der Waals surface area contributed by atoms with Gasteiger partial charge in [0.1, 0.15) is 0 Å². The maximum absolute atomic E-state index is 11.4. The van der Waals surface area contributed by atoms with Gasteiger partial charge in [-0.2, -0.15) is 0 Å². The predicted molar refractivity (Wildman–Crippen MR) is 76.1 cm³/mol. The Morgan fingerprint density at radius 1 is 1.32 bits per heavy atom. The molecule has 1 aromatic rings. The lowest BCUT2D eigenvalue weighted by Crippen LogP contribution is -2.38. The summed E-state index contributed by atoms with van der Waals surface area (Å²) in [5.41, 5.74) is 1.38. The van der Waals surface area contributed by atoms with Crippen molar-refractivity contribution < 1.29 is 4.79 Å². The lowest BCUT2D eigenvalue weighted by Gasteiger charge is -2.25. The average molecular weight is 279 g/mol. The van der Waals surface area contributed by atoms with Crippen LogP contribution in [0.3, 0.4) is 0 Å². The minimum atomic E-state index is 0.100. The summed E-state index contributed by atoms with van der Waals surface area (Å²) in [6.45, 7) is 0.780. The van der Waals surface area contributed by atoms with Crippen LogP contribution in [0, 0.1) is 0 Å². The lowest BCUT2D eigenvalue weighted by molar-refractivity contribution is -0.120. The Morgan fingerprint density at radius 3 is 2.89 bits per heavy atom. The molecule has 0 bridgehead atoms. The Labute approximate surface area is 118 Å². The molecule has 1 amide bonds. The van der Waals surface area contributed by atoms with E-state index in [0.717, 1.165) is 37.3 Å². The van der Waals surface area contributed by atoms with E-state index < -0.39 is 0 Å². The summed E-state index contributed by atoms with van der Waals surface area (Å²) in [5.74, 6) is 0.178. The second-order valence-electron chi connectivity index (χ2n) is 5.61. The molecule has 1 aromatic carbocycles. The van der Waals surface area contributed by atoms with Gasteiger partial charge in [-0.1, -0.05) is 23.7 Å². The monoisotopic (exact) mass is 278 g/mol. The molecule has 2 fully saturated rings. The van der Waals surface area contributed by atoms with Gasteiger partial charge in [0.15, 0.2) is 0 Å². The molecule has 0 unspecified atom stereocenters. The Morgan fingerprint density at radius 2 is 2.16 bits per heavy atom. The summed E-state index contributed by atoms with van der Waals surface area (Å²) in [5, 5.41) is 7.48. The van der Waals surface area contributed by atoms with Crippen molar-refractivity contribution >= 4 is 17.5 Å². The van der Waals surface area contributed by atoms with E-state index in [1.807, 2.05) is 12.1 Å². The van der Waals surface area contributed by atoms with E-state index in [0.29, 0.717) is 12.5 Å². The number of halogens is 1. The molecule has 102 valence electrons. The van der Waals surface area contributed by atoms with Crippen molar-refractivity contribution in [3.63, 3.8) is 0 Å². The fraction of sp³-hybridized carbons (Fsp3) is 0.533. The molecule has 0 radical (unpaired) electrons. The van der Waals surface area contributed by atoms with E-state index >= 15 is 0 Å². The maximum atomic E-state index is 11.4. The summed E-state index contributed by atoms with van der Waals surface area (Å²) in [4.78, 5) is 11.4. The van der Waals surface area contributed by atoms with Crippen molar-refractivity contribution in [3.8, 4) is 0 Å². The third-order valence-electron chi connectivity index (χ3n) is 4.14. The zero-order valence-corrected chi connectivity index (χ0v) is 11.7. The molecule has 2 N–H and O–H groups in total. The summed E-state index contributed by atoms with van der Waals surface area (Å²) in [6, 6.07) is 8.54. The van der Waals surface area contributed by atoms with Crippen molar-refractivity contribution in [2.75, 3.05) is 6.54 Å². The molecule has 1 atom stereocenters. The predicted octanol–water partition coefficient (Wildman–Crippen LogP) is 2.59. The van der Waals surface area contributed by atoms with Gasteiger partial charge in [0.2, 0.25) is 5.91 Å². The first-order valence-electron chi connectivity index (χ1n) is 6.98. The van der Waals surface area contributed by atoms with E-state index in [1.165, 1.54) is 5.56 Å². The van der Waals surface area contributed by atoms with Crippen LogP contribution in [0.1, 0.15) is 37.7 Å². The van der Waals surface area contributed by atoms with Gasteiger partial charge in [0, 0.05) is 29.6 Å². The molecule has 1 saturated heterocycles. The molecule has 2 aliphatic rings. The topological polar surface area (TPSA) is 41.1 Å². The molecular formula is C15H19ClN2O. The van der Waals surface area contributed by atoms with Crippen LogP contribution in [0.4, 0.5) is 0 Å². The Balaban J connectivity index is 1.70. The minimum Gasteiger partial charge on any atom is -0.356 e. The lowest BCUT2D eigenvalue weighted by atomic mass is 10.0. The van der Waals surface area contributed by atoms with Crippen LogP contribution in [-0.4, -0.2) is 18.5 Å². The first kappa shape index (κ1) is 12.9. The van der Waals surface area contributed by atoms with Crippen molar-refractivity contribution in [1.82, 2.24) is 10.6 Å². The van der Waals surface area contributed by atoms with Crippen molar-refractivity contribution in [3.05, 3.63) is 34.9 Å². The number of carbonyl (C=O) groups is 1. The molecule has 4 heteroatoms. The van der Waals surface area contributed by atoms with Crippen molar-refractivity contribution in [1.29, 1.82) is 0 Å². The van der Waals surface area contributed by atoms with Crippen molar-refractivity contribution in [2.45, 2.75) is 43.7 Å². The molecule has 0 aromatic heterocycles. The van der Waals surface area contributed by atoms with Crippen molar-refractivity contribution in [2.24, 2.45) is 0 Å². The number of benzene rings is 1. The van der Waals surface area contributed by atoms with E-state index in [-0.39, 0.29) is 11.4 Å². The normalized spacial score (nSPS) is 25.5. The average Bonchev–Trinajstić information content (AvgIpc) is 3.18. The molecule has 0 spiro atoms. The van der Waals surface area contributed by atoms with Gasteiger partial charge >= 0.3 is 0 Å². The quantitative estimate of drug-likeness (QED) is 0.892. The highest BCUT2D eigenvalue weighted by atomic mass is 35.5. The first-order chi connectivity index (χ1) is 9.18. The Bertz CT molecular complexity index is 485. The minimum absolute atomic E-state index is 0.100. The van der Waals surface area contributed by atoms with Crippen LogP contribution >= 0.6 is 11.6 Å². The molecule has 1 aliphatic heterocycles. The highest BCUT2D eigenvalue weighted by Gasteiger charge is 2.45. The molecule has 3 nitrogen and oxygen atoms in total. The maximum Gasteiger partial charge on any atom is 0.220 e. The van der Waals surface area contributed by atoms with E-state index in [1.54, 1.807) is 0 Å². The van der Waals surface area contributed by atoms with Crippen LogP contribution in [0.15, 0.2) is 24.3 Å². The highest BCUT2D eigenvalue weighted by Crippen LogP contribution is 2.46. The van der Waals surface area contributed by atoms with Crippen LogP contribution < -0.4 is 10.6 Å². The van der Waals surface area contributed by atoms with E-state index in [9.17, 15) is 4.79 Å². The molecule has 1 saturated carbocycles. The smallest absolute Gasteiger partial charge is 0.220 e. The molecule has 1 heterocycles. The fourth-order valence-corrected chi connectivity index (χ4v) is 3.08. The van der Waals surface area contributed by atoms with Gasteiger partial charge in [0.25, 0.3) is 0 Å². The van der Waals surface area contributed by atoms with Gasteiger partial charge in [-0.15, -0.1) is 0 Å². The fourth-order valence-electron chi connectivity index (χ4n) is 2.89. The SMILES string of the molecule is O=C1CC[C@@H](NC2(c3cccc(Cl)c3)CC2)CCN1. The third-order valence-corrected chi connectivity index (χ3v) is 4.38. The summed E-state index contributed by atoms with van der Waals surface area (Å²) >= 11 is 6.08. The van der Waals surface area contributed by atoms with Crippen LogP contribution in [-0.2, 0) is 10.3 Å². The van der Waals surface area contributed by atoms with E-state index in [4.69, 9.17) is 11.6 Å². The standard InChI is InChI=1S/C15H19ClN2O/c16-12-3-1-2-11(10-12)15(7-8-15)18-13-4-5-14(19)17-9-6-13/h1-3,10,13,18H,4-9H2,(H,17,19)/t13-/m1/s1. The summed E-state index contributed by atoms with van der Waals surface area (Å²) in [7, 11) is 0. The molecular weight excluding hydrogens is 260 g/mol. The number of amides is 1. The summed E-state index contributed by atoms with van der Waals surface area (Å²) < 4.78 is 0. The molecule has 1 aliphatic carbocycles. The molecule has 19 heavy (non-hydrogen) atoms. The second-order valence-corrected chi connectivity index (χ2v) is 6.05. The summed E-state index contributed by atoms with van der Waals surface area (Å²) in [6.07, 6.45) is 4.88. The van der Waals surface area contributed by atoms with Gasteiger partial charge in [-0.25, -0.2) is 0 Å². The van der Waals surface area contributed by atoms with Gasteiger partial charge in [0.05, 0.1) is 0 Å². The number of rotatable bonds is 3. The van der Waals surface area contributed by atoms with Gasteiger partial charge < -0.3 is 10.6 Å². The second kappa shape index (κ2) is 5.14. The highest BCUT2D eigenvalue weighted by molar-refractivity contribution is 6.30. The molecule has 3 rings (SSSR count). The Hall–Kier alpha value is -1.06. The van der Waals surface area contributed by atoms with Gasteiger partial charge in [-0.05, 0) is 43.4 Å².